The number of nitrogens with zero attached hydrogens (tertiary/aromatic N) is 1. The Balaban J connectivity index is 2.20. The first-order valence-corrected chi connectivity index (χ1v) is 5.74. The van der Waals surface area contributed by atoms with Gasteiger partial charge in [-0.3, -0.25) is 4.90 Å². The maximum Gasteiger partial charge on any atom is 0.410 e. The number of hydrogen-bond acceptors (Lipinski definition) is 2. The van der Waals surface area contributed by atoms with Crippen LogP contribution in [0.4, 0.5) is 9.18 Å². The fraction of sp³-hybridized carbons (Fsp3) is 0.364. The molecule has 1 saturated heterocycles. The zero-order valence-corrected chi connectivity index (χ0v) is 10.3. The molecule has 1 unspecified atom stereocenters. The van der Waals surface area contributed by atoms with Crippen molar-refractivity contribution in [1.29, 1.82) is 0 Å². The van der Waals surface area contributed by atoms with Crippen molar-refractivity contribution >= 4 is 22.0 Å². The summed E-state index contributed by atoms with van der Waals surface area (Å²) in [6.07, 6.45) is -0.344. The minimum atomic E-state index is -0.344. The van der Waals surface area contributed by atoms with Gasteiger partial charge in [0.2, 0.25) is 0 Å². The summed E-state index contributed by atoms with van der Waals surface area (Å²) in [6, 6.07) is 4.46. The van der Waals surface area contributed by atoms with Gasteiger partial charge in [0, 0.05) is 4.47 Å². The molecule has 1 heterocycles. The van der Waals surface area contributed by atoms with Crippen LogP contribution in [0, 0.1) is 5.82 Å². The molecular formula is C11H11BrFNO2. The summed E-state index contributed by atoms with van der Waals surface area (Å²) < 4.78 is 18.8. The summed E-state index contributed by atoms with van der Waals surface area (Å²) >= 11 is 3.33. The molecule has 1 aromatic carbocycles. The van der Waals surface area contributed by atoms with Crippen molar-refractivity contribution in [3.8, 4) is 0 Å². The van der Waals surface area contributed by atoms with Gasteiger partial charge in [0.15, 0.2) is 0 Å². The number of ether oxygens (including phenoxy) is 1. The number of carbonyl (C=O) groups excluding carboxylic acids is 1. The van der Waals surface area contributed by atoms with E-state index in [0.717, 1.165) is 10.0 Å². The number of cyclic esters (lactones) is 1. The van der Waals surface area contributed by atoms with Crippen molar-refractivity contribution < 1.29 is 13.9 Å². The smallest absolute Gasteiger partial charge is 0.410 e. The highest BCUT2D eigenvalue weighted by Crippen LogP contribution is 2.22. The van der Waals surface area contributed by atoms with Crippen LogP contribution < -0.4 is 0 Å². The fourth-order valence-corrected chi connectivity index (χ4v) is 1.99. The van der Waals surface area contributed by atoms with E-state index in [2.05, 4.69) is 15.9 Å². The van der Waals surface area contributed by atoms with Crippen LogP contribution in [-0.4, -0.2) is 23.6 Å². The second-order valence-corrected chi connectivity index (χ2v) is 4.64. The molecule has 1 atom stereocenters. The maximum atomic E-state index is 13.1. The van der Waals surface area contributed by atoms with Gasteiger partial charge in [0.25, 0.3) is 0 Å². The minimum absolute atomic E-state index is 0.0302. The van der Waals surface area contributed by atoms with E-state index >= 15 is 0 Å². The first-order chi connectivity index (χ1) is 7.58. The summed E-state index contributed by atoms with van der Waals surface area (Å²) in [5, 5.41) is 0. The zero-order valence-electron chi connectivity index (χ0n) is 8.74. The Kier molecular flexibility index (Phi) is 3.14. The first kappa shape index (κ1) is 11.4. The molecule has 1 aliphatic rings. The van der Waals surface area contributed by atoms with Gasteiger partial charge in [-0.2, -0.15) is 0 Å². The molecule has 3 nitrogen and oxygen atoms in total. The molecule has 0 spiro atoms. The van der Waals surface area contributed by atoms with Crippen LogP contribution in [0.5, 0.6) is 0 Å². The molecule has 0 aliphatic carbocycles. The molecule has 0 radical (unpaired) electrons. The lowest BCUT2D eigenvalue weighted by molar-refractivity contribution is 0.156. The normalized spacial score (nSPS) is 20.1. The number of halogens is 2. The number of rotatable bonds is 2. The molecule has 1 aliphatic heterocycles. The molecule has 1 fully saturated rings. The monoisotopic (exact) mass is 287 g/mol. The maximum absolute atomic E-state index is 13.1. The highest BCUT2D eigenvalue weighted by molar-refractivity contribution is 9.10. The Morgan fingerprint density at radius 2 is 2.38 bits per heavy atom. The van der Waals surface area contributed by atoms with Gasteiger partial charge in [-0.1, -0.05) is 15.9 Å². The van der Waals surface area contributed by atoms with Crippen molar-refractivity contribution in [2.45, 2.75) is 19.5 Å². The Morgan fingerprint density at radius 3 is 3.00 bits per heavy atom. The van der Waals surface area contributed by atoms with Crippen molar-refractivity contribution in [1.82, 2.24) is 4.90 Å². The largest absolute Gasteiger partial charge is 0.447 e. The molecule has 5 heteroatoms. The Morgan fingerprint density at radius 1 is 1.62 bits per heavy atom. The molecule has 1 amide bonds. The lowest BCUT2D eigenvalue weighted by Gasteiger charge is -2.18. The molecule has 0 N–H and O–H groups in total. The van der Waals surface area contributed by atoms with Crippen LogP contribution in [0.15, 0.2) is 22.7 Å². The van der Waals surface area contributed by atoms with Gasteiger partial charge in [-0.25, -0.2) is 9.18 Å². The molecule has 86 valence electrons. The third-order valence-electron chi connectivity index (χ3n) is 2.56. The predicted octanol–water partition coefficient (Wildman–Crippen LogP) is 2.93. The molecule has 1 aromatic rings. The molecule has 0 aromatic heterocycles. The van der Waals surface area contributed by atoms with Gasteiger partial charge in [-0.05, 0) is 30.7 Å². The Bertz CT molecular complexity index is 424. The van der Waals surface area contributed by atoms with Crippen LogP contribution in [0.2, 0.25) is 0 Å². The van der Waals surface area contributed by atoms with Gasteiger partial charge in [-0.15, -0.1) is 0 Å². The van der Waals surface area contributed by atoms with Gasteiger partial charge in [0.1, 0.15) is 12.4 Å². The lowest BCUT2D eigenvalue weighted by atomic mass is 10.2. The summed E-state index contributed by atoms with van der Waals surface area (Å²) in [5.41, 5.74) is 0.741. The Labute approximate surface area is 101 Å². The predicted molar refractivity (Wildman–Crippen MR) is 60.5 cm³/mol. The van der Waals surface area contributed by atoms with E-state index in [4.69, 9.17) is 4.74 Å². The zero-order chi connectivity index (χ0) is 11.7. The van der Waals surface area contributed by atoms with Crippen LogP contribution in [0.3, 0.4) is 0 Å². The van der Waals surface area contributed by atoms with Crippen molar-refractivity contribution in [2.75, 3.05) is 6.61 Å². The highest BCUT2D eigenvalue weighted by atomic mass is 79.9. The second kappa shape index (κ2) is 4.41. The third-order valence-corrected chi connectivity index (χ3v) is 3.34. The van der Waals surface area contributed by atoms with Gasteiger partial charge < -0.3 is 4.74 Å². The third kappa shape index (κ3) is 2.19. The first-order valence-electron chi connectivity index (χ1n) is 4.95. The molecule has 0 saturated carbocycles. The molecule has 0 bridgehead atoms. The average molecular weight is 288 g/mol. The molecule has 16 heavy (non-hydrogen) atoms. The average Bonchev–Trinajstić information content (AvgIpc) is 2.55. The summed E-state index contributed by atoms with van der Waals surface area (Å²) in [4.78, 5) is 13.0. The number of benzene rings is 1. The lowest BCUT2D eigenvalue weighted by Crippen LogP contribution is -2.30. The highest BCUT2D eigenvalue weighted by Gasteiger charge is 2.29. The number of amides is 1. The Hall–Kier alpha value is -1.10. The van der Waals surface area contributed by atoms with E-state index in [9.17, 15) is 9.18 Å². The fourth-order valence-electron chi connectivity index (χ4n) is 1.61. The van der Waals surface area contributed by atoms with Crippen molar-refractivity contribution in [2.24, 2.45) is 0 Å². The van der Waals surface area contributed by atoms with E-state index < -0.39 is 0 Å². The van der Waals surface area contributed by atoms with Gasteiger partial charge >= 0.3 is 6.09 Å². The van der Waals surface area contributed by atoms with Crippen LogP contribution in [0.25, 0.3) is 0 Å². The van der Waals surface area contributed by atoms with Crippen molar-refractivity contribution in [3.63, 3.8) is 0 Å². The standard InChI is InChI=1S/C11H11BrFNO2/c1-7-6-16-11(15)14(7)5-8-4-9(13)2-3-10(8)12/h2-4,7H,5-6H2,1H3. The molecule has 2 rings (SSSR count). The summed E-state index contributed by atoms with van der Waals surface area (Å²) in [6.45, 7) is 2.65. The quantitative estimate of drug-likeness (QED) is 0.837. The summed E-state index contributed by atoms with van der Waals surface area (Å²) in [5.74, 6) is -0.307. The SMILES string of the molecule is CC1COC(=O)N1Cc1cc(F)ccc1Br. The van der Waals surface area contributed by atoms with E-state index in [0.29, 0.717) is 13.2 Å². The van der Waals surface area contributed by atoms with Crippen LogP contribution in [0.1, 0.15) is 12.5 Å². The van der Waals surface area contributed by atoms with E-state index in [1.54, 1.807) is 11.0 Å². The number of hydrogen-bond donors (Lipinski definition) is 0. The van der Waals surface area contributed by atoms with E-state index in [1.807, 2.05) is 6.92 Å². The van der Waals surface area contributed by atoms with Gasteiger partial charge in [0.05, 0.1) is 12.6 Å². The molecular weight excluding hydrogens is 277 g/mol. The van der Waals surface area contributed by atoms with E-state index in [-0.39, 0.29) is 18.0 Å². The van der Waals surface area contributed by atoms with Crippen LogP contribution in [-0.2, 0) is 11.3 Å². The number of carbonyl (C=O) groups is 1. The minimum Gasteiger partial charge on any atom is -0.447 e. The second-order valence-electron chi connectivity index (χ2n) is 3.79. The van der Waals surface area contributed by atoms with E-state index in [1.165, 1.54) is 12.1 Å². The van der Waals surface area contributed by atoms with Crippen molar-refractivity contribution in [3.05, 3.63) is 34.1 Å². The summed E-state index contributed by atoms with van der Waals surface area (Å²) in [7, 11) is 0. The topological polar surface area (TPSA) is 29.5 Å². The van der Waals surface area contributed by atoms with Crippen LogP contribution >= 0.6 is 15.9 Å².